The van der Waals surface area contributed by atoms with Crippen molar-refractivity contribution in [2.75, 3.05) is 23.7 Å². The summed E-state index contributed by atoms with van der Waals surface area (Å²) in [5, 5.41) is 2.49. The molecule has 0 spiro atoms. The first-order valence-electron chi connectivity index (χ1n) is 13.4. The summed E-state index contributed by atoms with van der Waals surface area (Å²) in [6.07, 6.45) is -2.55. The minimum atomic E-state index is -4.81. The van der Waals surface area contributed by atoms with Crippen molar-refractivity contribution in [3.05, 3.63) is 100 Å². The number of benzene rings is 3. The quantitative estimate of drug-likeness (QED) is 0.188. The Labute approximate surface area is 253 Å². The summed E-state index contributed by atoms with van der Waals surface area (Å²) in [7, 11) is -4.35. The van der Waals surface area contributed by atoms with Gasteiger partial charge in [0.25, 0.3) is 0 Å². The van der Waals surface area contributed by atoms with Crippen molar-refractivity contribution in [3.8, 4) is 0 Å². The molecule has 0 heterocycles. The van der Waals surface area contributed by atoms with E-state index >= 15 is 0 Å². The minimum absolute atomic E-state index is 0.0505. The van der Waals surface area contributed by atoms with Gasteiger partial charge in [0.1, 0.15) is 18.4 Å². The van der Waals surface area contributed by atoms with Gasteiger partial charge in [-0.1, -0.05) is 67.4 Å². The van der Waals surface area contributed by atoms with Crippen LogP contribution >= 0.6 is 11.6 Å². The number of sulfonamides is 1. The standard InChI is InChI=1S/C30H32ClF4N3O4S/c1-3-4-16-36-29(40)27(17-21-8-6-5-7-9-21)37(19-22-10-13-24(32)14-11-22)28(39)20-38(43(2,41)42)26-18-23(30(33,34)35)12-15-25(26)31/h5-15,18,27H,3-4,16-17,19-20H2,1-2H3,(H,36,40)/t27-/m0/s1. The van der Waals surface area contributed by atoms with Crippen LogP contribution in [0.1, 0.15) is 36.5 Å². The lowest BCUT2D eigenvalue weighted by Gasteiger charge is -2.33. The number of halogens is 5. The summed E-state index contributed by atoms with van der Waals surface area (Å²) in [4.78, 5) is 28.7. The van der Waals surface area contributed by atoms with Crippen molar-refractivity contribution >= 4 is 39.1 Å². The van der Waals surface area contributed by atoms with Crippen LogP contribution in [0.3, 0.4) is 0 Å². The van der Waals surface area contributed by atoms with Crippen molar-refractivity contribution in [2.24, 2.45) is 0 Å². The third kappa shape index (κ3) is 9.69. The molecule has 3 rings (SSSR count). The molecule has 0 aliphatic carbocycles. The van der Waals surface area contributed by atoms with Gasteiger partial charge in [0.05, 0.1) is 22.5 Å². The predicted octanol–water partition coefficient (Wildman–Crippen LogP) is 5.82. The number of hydrogen-bond acceptors (Lipinski definition) is 4. The molecule has 7 nitrogen and oxygen atoms in total. The molecule has 1 atom stereocenters. The van der Waals surface area contributed by atoms with Crippen molar-refractivity contribution in [1.29, 1.82) is 0 Å². The number of carbonyl (C=O) groups is 2. The zero-order valence-corrected chi connectivity index (χ0v) is 25.1. The lowest BCUT2D eigenvalue weighted by atomic mass is 10.0. The van der Waals surface area contributed by atoms with Crippen LogP contribution in [-0.2, 0) is 38.8 Å². The zero-order valence-electron chi connectivity index (χ0n) is 23.6. The predicted molar refractivity (Wildman–Crippen MR) is 157 cm³/mol. The van der Waals surface area contributed by atoms with Gasteiger partial charge in [0.2, 0.25) is 21.8 Å². The summed E-state index contributed by atoms with van der Waals surface area (Å²) >= 11 is 6.15. The third-order valence-corrected chi connectivity index (χ3v) is 8.03. The highest BCUT2D eigenvalue weighted by Gasteiger charge is 2.35. The molecule has 3 aromatic rings. The molecule has 2 amide bonds. The fourth-order valence-electron chi connectivity index (χ4n) is 4.32. The van der Waals surface area contributed by atoms with E-state index < -0.39 is 57.7 Å². The molecule has 13 heteroatoms. The summed E-state index contributed by atoms with van der Waals surface area (Å²) in [6.45, 7) is 1.10. The Morgan fingerprint density at radius 3 is 2.21 bits per heavy atom. The van der Waals surface area contributed by atoms with Crippen LogP contribution in [0.2, 0.25) is 5.02 Å². The van der Waals surface area contributed by atoms with E-state index in [4.69, 9.17) is 11.6 Å². The molecule has 232 valence electrons. The van der Waals surface area contributed by atoms with E-state index in [1.54, 1.807) is 30.3 Å². The van der Waals surface area contributed by atoms with E-state index in [1.165, 1.54) is 24.3 Å². The van der Waals surface area contributed by atoms with E-state index in [0.717, 1.165) is 23.6 Å². The van der Waals surface area contributed by atoms with E-state index in [1.807, 2.05) is 6.92 Å². The minimum Gasteiger partial charge on any atom is -0.354 e. The fourth-order valence-corrected chi connectivity index (χ4v) is 5.44. The second kappa shape index (κ2) is 14.7. The van der Waals surface area contributed by atoms with Crippen LogP contribution in [0, 0.1) is 5.82 Å². The molecule has 0 fully saturated rings. The number of anilines is 1. The molecule has 0 saturated heterocycles. The van der Waals surface area contributed by atoms with Crippen LogP contribution in [-0.4, -0.2) is 50.5 Å². The first-order valence-corrected chi connectivity index (χ1v) is 15.6. The number of amides is 2. The number of hydrogen-bond donors (Lipinski definition) is 1. The van der Waals surface area contributed by atoms with Gasteiger partial charge in [-0.15, -0.1) is 0 Å². The maximum atomic E-state index is 14.0. The maximum Gasteiger partial charge on any atom is 0.416 e. The van der Waals surface area contributed by atoms with E-state index in [0.29, 0.717) is 40.5 Å². The second-order valence-corrected chi connectivity index (χ2v) is 12.2. The molecule has 3 aromatic carbocycles. The number of nitrogens with one attached hydrogen (secondary N) is 1. The highest BCUT2D eigenvalue weighted by molar-refractivity contribution is 7.92. The van der Waals surface area contributed by atoms with Crippen LogP contribution in [0.4, 0.5) is 23.2 Å². The Bertz CT molecular complexity index is 1500. The maximum absolute atomic E-state index is 14.0. The first-order chi connectivity index (χ1) is 20.2. The van der Waals surface area contributed by atoms with Crippen molar-refractivity contribution in [2.45, 2.75) is 44.9 Å². The van der Waals surface area contributed by atoms with Gasteiger partial charge in [-0.25, -0.2) is 12.8 Å². The topological polar surface area (TPSA) is 86.8 Å². The van der Waals surface area contributed by atoms with Gasteiger partial charge in [-0.2, -0.15) is 13.2 Å². The Morgan fingerprint density at radius 1 is 0.977 bits per heavy atom. The average molecular weight is 642 g/mol. The van der Waals surface area contributed by atoms with Crippen molar-refractivity contribution in [3.63, 3.8) is 0 Å². The SMILES string of the molecule is CCCCNC(=O)[C@H](Cc1ccccc1)N(Cc1ccc(F)cc1)C(=O)CN(c1cc(C(F)(F)F)ccc1Cl)S(C)(=O)=O. The Morgan fingerprint density at radius 2 is 1.63 bits per heavy atom. The highest BCUT2D eigenvalue weighted by Crippen LogP contribution is 2.36. The molecule has 0 radical (unpaired) electrons. The average Bonchev–Trinajstić information content (AvgIpc) is 2.94. The Balaban J connectivity index is 2.09. The van der Waals surface area contributed by atoms with Crippen LogP contribution < -0.4 is 9.62 Å². The van der Waals surface area contributed by atoms with Crippen molar-refractivity contribution < 1.29 is 35.6 Å². The molecule has 0 unspecified atom stereocenters. The van der Waals surface area contributed by atoms with E-state index in [-0.39, 0.29) is 18.0 Å². The van der Waals surface area contributed by atoms with Crippen molar-refractivity contribution in [1.82, 2.24) is 10.2 Å². The lowest BCUT2D eigenvalue weighted by Crippen LogP contribution is -2.53. The molecule has 0 aliphatic rings. The van der Waals surface area contributed by atoms with Gasteiger partial charge < -0.3 is 10.2 Å². The largest absolute Gasteiger partial charge is 0.416 e. The summed E-state index contributed by atoms with van der Waals surface area (Å²) in [5.74, 6) is -1.91. The van der Waals surface area contributed by atoms with Gasteiger partial charge in [-0.3, -0.25) is 13.9 Å². The Hall–Kier alpha value is -3.64. The second-order valence-electron chi connectivity index (χ2n) is 9.93. The molecule has 0 saturated carbocycles. The van der Waals surface area contributed by atoms with Crippen LogP contribution in [0.25, 0.3) is 0 Å². The van der Waals surface area contributed by atoms with E-state index in [2.05, 4.69) is 5.32 Å². The normalized spacial score (nSPS) is 12.4. The van der Waals surface area contributed by atoms with Crippen LogP contribution in [0.5, 0.6) is 0 Å². The monoisotopic (exact) mass is 641 g/mol. The summed E-state index contributed by atoms with van der Waals surface area (Å²) in [6, 6.07) is 15.0. The smallest absolute Gasteiger partial charge is 0.354 e. The zero-order chi connectivity index (χ0) is 31.8. The van der Waals surface area contributed by atoms with E-state index in [9.17, 15) is 35.6 Å². The molecular weight excluding hydrogens is 610 g/mol. The number of alkyl halides is 3. The summed E-state index contributed by atoms with van der Waals surface area (Å²) in [5.41, 5.74) is -0.553. The number of nitrogens with zero attached hydrogens (tertiary/aromatic N) is 2. The number of unbranched alkanes of at least 4 members (excludes halogenated alkanes) is 1. The summed E-state index contributed by atoms with van der Waals surface area (Å²) < 4.78 is 80.4. The van der Waals surface area contributed by atoms with Gasteiger partial charge in [0, 0.05) is 19.5 Å². The van der Waals surface area contributed by atoms with Gasteiger partial charge in [0.15, 0.2) is 0 Å². The van der Waals surface area contributed by atoms with Crippen LogP contribution in [0.15, 0.2) is 72.8 Å². The number of rotatable bonds is 13. The molecule has 43 heavy (non-hydrogen) atoms. The molecule has 0 bridgehead atoms. The molecule has 0 aliphatic heterocycles. The first kappa shape index (κ1) is 33.9. The molecule has 1 N–H and O–H groups in total. The third-order valence-electron chi connectivity index (χ3n) is 6.59. The van der Waals surface area contributed by atoms with Gasteiger partial charge in [-0.05, 0) is 47.9 Å². The fraction of sp³-hybridized carbons (Fsp3) is 0.333. The molecule has 0 aromatic heterocycles. The number of carbonyl (C=O) groups excluding carboxylic acids is 2. The highest BCUT2D eigenvalue weighted by atomic mass is 35.5. The lowest BCUT2D eigenvalue weighted by molar-refractivity contribution is -0.140. The Kier molecular flexibility index (Phi) is 11.6. The van der Waals surface area contributed by atoms with Gasteiger partial charge >= 0.3 is 6.18 Å². The molecular formula is C30H32ClF4N3O4S.